The molecule has 0 aromatic heterocycles. The normalized spacial score (nSPS) is 28.1. The van der Waals surface area contributed by atoms with Gasteiger partial charge >= 0.3 is 0 Å². The molecule has 0 bridgehead atoms. The van der Waals surface area contributed by atoms with Crippen LogP contribution in [0.4, 0.5) is 0 Å². The average molecular weight is 288 g/mol. The molecule has 3 nitrogen and oxygen atoms in total. The zero-order chi connectivity index (χ0) is 14.7. The van der Waals surface area contributed by atoms with E-state index in [9.17, 15) is 0 Å². The summed E-state index contributed by atoms with van der Waals surface area (Å²) in [5.74, 6) is 0.733. The number of nitrogens with zero attached hydrogens (tertiary/aromatic N) is 1. The lowest BCUT2D eigenvalue weighted by molar-refractivity contribution is -0.00651. The van der Waals surface area contributed by atoms with Gasteiger partial charge in [0.15, 0.2) is 0 Å². The van der Waals surface area contributed by atoms with Gasteiger partial charge in [-0.1, -0.05) is 44.5 Å². The summed E-state index contributed by atoms with van der Waals surface area (Å²) in [5.41, 5.74) is 2.88. The van der Waals surface area contributed by atoms with E-state index >= 15 is 0 Å². The Morgan fingerprint density at radius 3 is 3.10 bits per heavy atom. The lowest BCUT2D eigenvalue weighted by Gasteiger charge is -2.42. The second-order valence-corrected chi connectivity index (χ2v) is 6.46. The lowest BCUT2D eigenvalue weighted by atomic mass is 9.93. The standard InChI is InChI=1S/C18H28N2O/c1-3-14(2)17-12-19-9-10-20(17)13-18-16-7-5-4-6-15(16)8-11-21-18/h4-7,14,17-19H,3,8-13H2,1-2H3. The van der Waals surface area contributed by atoms with Gasteiger partial charge in [-0.2, -0.15) is 0 Å². The van der Waals surface area contributed by atoms with Crippen LogP contribution in [0.3, 0.4) is 0 Å². The molecule has 2 aliphatic heterocycles. The fraction of sp³-hybridized carbons (Fsp3) is 0.667. The Labute approximate surface area is 128 Å². The van der Waals surface area contributed by atoms with Crippen molar-refractivity contribution >= 4 is 0 Å². The van der Waals surface area contributed by atoms with Crippen molar-refractivity contribution in [1.82, 2.24) is 10.2 Å². The molecule has 1 fully saturated rings. The Hall–Kier alpha value is -0.900. The molecule has 3 heteroatoms. The highest BCUT2D eigenvalue weighted by Crippen LogP contribution is 2.29. The van der Waals surface area contributed by atoms with E-state index in [0.717, 1.165) is 45.1 Å². The summed E-state index contributed by atoms with van der Waals surface area (Å²) in [5, 5.41) is 3.55. The maximum Gasteiger partial charge on any atom is 0.0954 e. The van der Waals surface area contributed by atoms with E-state index < -0.39 is 0 Å². The molecule has 1 aromatic rings. The first-order valence-electron chi connectivity index (χ1n) is 8.43. The second-order valence-electron chi connectivity index (χ2n) is 6.46. The lowest BCUT2D eigenvalue weighted by Crippen LogP contribution is -2.55. The van der Waals surface area contributed by atoms with Crippen LogP contribution in [-0.4, -0.2) is 43.7 Å². The van der Waals surface area contributed by atoms with E-state index in [2.05, 4.69) is 48.3 Å². The van der Waals surface area contributed by atoms with Gasteiger partial charge in [0.2, 0.25) is 0 Å². The molecule has 1 aromatic carbocycles. The SMILES string of the molecule is CCC(C)C1CNCCN1CC1OCCc2ccccc21. The molecule has 3 rings (SSSR count). The maximum absolute atomic E-state index is 6.11. The highest BCUT2D eigenvalue weighted by molar-refractivity contribution is 5.31. The van der Waals surface area contributed by atoms with Gasteiger partial charge in [-0.25, -0.2) is 0 Å². The van der Waals surface area contributed by atoms with Crippen molar-refractivity contribution in [2.24, 2.45) is 5.92 Å². The molecule has 2 heterocycles. The van der Waals surface area contributed by atoms with E-state index in [1.165, 1.54) is 17.5 Å². The van der Waals surface area contributed by atoms with Gasteiger partial charge in [0.1, 0.15) is 0 Å². The minimum absolute atomic E-state index is 0.250. The van der Waals surface area contributed by atoms with Gasteiger partial charge in [-0.05, 0) is 23.5 Å². The minimum atomic E-state index is 0.250. The predicted octanol–water partition coefficient (Wildman–Crippen LogP) is 2.62. The quantitative estimate of drug-likeness (QED) is 0.922. The van der Waals surface area contributed by atoms with Crippen LogP contribution in [0.5, 0.6) is 0 Å². The smallest absolute Gasteiger partial charge is 0.0954 e. The fourth-order valence-corrected chi connectivity index (χ4v) is 3.67. The second kappa shape index (κ2) is 6.91. The molecule has 1 saturated heterocycles. The van der Waals surface area contributed by atoms with Gasteiger partial charge in [0, 0.05) is 32.2 Å². The summed E-state index contributed by atoms with van der Waals surface area (Å²) in [6.07, 6.45) is 2.55. The Kier molecular flexibility index (Phi) is 4.94. The zero-order valence-electron chi connectivity index (χ0n) is 13.3. The molecule has 0 saturated carbocycles. The van der Waals surface area contributed by atoms with Crippen LogP contribution in [-0.2, 0) is 11.2 Å². The van der Waals surface area contributed by atoms with E-state index in [-0.39, 0.29) is 6.10 Å². The fourth-order valence-electron chi connectivity index (χ4n) is 3.67. The molecule has 0 aliphatic carbocycles. The van der Waals surface area contributed by atoms with Crippen LogP contribution in [0.15, 0.2) is 24.3 Å². The molecule has 3 atom stereocenters. The Balaban J connectivity index is 1.73. The summed E-state index contributed by atoms with van der Waals surface area (Å²) in [6.45, 7) is 9.92. The first kappa shape index (κ1) is 15.0. The summed E-state index contributed by atoms with van der Waals surface area (Å²) >= 11 is 0. The van der Waals surface area contributed by atoms with Gasteiger partial charge in [0.05, 0.1) is 12.7 Å². The molecule has 0 radical (unpaired) electrons. The van der Waals surface area contributed by atoms with Crippen LogP contribution in [0.1, 0.15) is 37.5 Å². The third-order valence-corrected chi connectivity index (χ3v) is 5.19. The number of ether oxygens (including phenoxy) is 1. The zero-order valence-corrected chi connectivity index (χ0v) is 13.3. The molecule has 0 spiro atoms. The topological polar surface area (TPSA) is 24.5 Å². The number of benzene rings is 1. The molecule has 2 aliphatic rings. The van der Waals surface area contributed by atoms with Crippen molar-refractivity contribution in [2.75, 3.05) is 32.8 Å². The molecule has 116 valence electrons. The summed E-state index contributed by atoms with van der Waals surface area (Å²) in [4.78, 5) is 2.65. The average Bonchev–Trinajstić information content (AvgIpc) is 2.55. The Morgan fingerprint density at radius 2 is 2.24 bits per heavy atom. The van der Waals surface area contributed by atoms with Crippen molar-refractivity contribution in [3.05, 3.63) is 35.4 Å². The molecule has 1 N–H and O–H groups in total. The van der Waals surface area contributed by atoms with Crippen LogP contribution >= 0.6 is 0 Å². The first-order chi connectivity index (χ1) is 10.3. The minimum Gasteiger partial charge on any atom is -0.372 e. The largest absolute Gasteiger partial charge is 0.372 e. The maximum atomic E-state index is 6.11. The summed E-state index contributed by atoms with van der Waals surface area (Å²) in [6, 6.07) is 9.44. The first-order valence-corrected chi connectivity index (χ1v) is 8.43. The van der Waals surface area contributed by atoms with Gasteiger partial charge in [-0.15, -0.1) is 0 Å². The number of fused-ring (bicyclic) bond motifs is 1. The monoisotopic (exact) mass is 288 g/mol. The van der Waals surface area contributed by atoms with Crippen LogP contribution in [0.2, 0.25) is 0 Å². The van der Waals surface area contributed by atoms with Crippen LogP contribution in [0, 0.1) is 5.92 Å². The third kappa shape index (κ3) is 3.31. The number of rotatable bonds is 4. The van der Waals surface area contributed by atoms with E-state index in [1.54, 1.807) is 0 Å². The molecular weight excluding hydrogens is 260 g/mol. The predicted molar refractivity (Wildman–Crippen MR) is 86.5 cm³/mol. The van der Waals surface area contributed by atoms with Crippen molar-refractivity contribution in [2.45, 2.75) is 38.8 Å². The van der Waals surface area contributed by atoms with Crippen molar-refractivity contribution in [3.63, 3.8) is 0 Å². The highest BCUT2D eigenvalue weighted by atomic mass is 16.5. The Bertz CT molecular complexity index is 462. The summed E-state index contributed by atoms with van der Waals surface area (Å²) < 4.78 is 6.11. The van der Waals surface area contributed by atoms with E-state index in [1.807, 2.05) is 0 Å². The number of piperazine rings is 1. The molecule has 0 amide bonds. The van der Waals surface area contributed by atoms with Crippen molar-refractivity contribution in [3.8, 4) is 0 Å². The van der Waals surface area contributed by atoms with E-state index in [4.69, 9.17) is 4.74 Å². The summed E-state index contributed by atoms with van der Waals surface area (Å²) in [7, 11) is 0. The number of hydrogen-bond acceptors (Lipinski definition) is 3. The van der Waals surface area contributed by atoms with Crippen molar-refractivity contribution in [1.29, 1.82) is 0 Å². The highest BCUT2D eigenvalue weighted by Gasteiger charge is 2.30. The van der Waals surface area contributed by atoms with Gasteiger partial charge in [0.25, 0.3) is 0 Å². The molecular formula is C18H28N2O. The Morgan fingerprint density at radius 1 is 1.38 bits per heavy atom. The number of hydrogen-bond donors (Lipinski definition) is 1. The van der Waals surface area contributed by atoms with Crippen molar-refractivity contribution < 1.29 is 4.74 Å². The van der Waals surface area contributed by atoms with Crippen LogP contribution < -0.4 is 5.32 Å². The number of nitrogens with one attached hydrogen (secondary N) is 1. The van der Waals surface area contributed by atoms with Crippen LogP contribution in [0.25, 0.3) is 0 Å². The molecule has 3 unspecified atom stereocenters. The van der Waals surface area contributed by atoms with E-state index in [0.29, 0.717) is 6.04 Å². The molecule has 21 heavy (non-hydrogen) atoms. The van der Waals surface area contributed by atoms with Gasteiger partial charge in [-0.3, -0.25) is 4.90 Å². The third-order valence-electron chi connectivity index (χ3n) is 5.19. The van der Waals surface area contributed by atoms with Gasteiger partial charge < -0.3 is 10.1 Å².